The van der Waals surface area contributed by atoms with Gasteiger partial charge in [0.25, 0.3) is 0 Å². The molecule has 0 spiro atoms. The van der Waals surface area contributed by atoms with Gasteiger partial charge in [0, 0.05) is 91.6 Å². The molecule has 4 aromatic carbocycles. The molecule has 6 heterocycles. The normalized spacial score (nSPS) is 34.5. The average Bonchev–Trinajstić information content (AvgIpc) is 1.70. The second-order valence-electron chi connectivity index (χ2n) is 37.3. The number of Topliss-reactive ketones (excluding diaryl/α,β-unsaturated/α-hetero) is 4. The zero-order valence-corrected chi connectivity index (χ0v) is 79.7. The van der Waals surface area contributed by atoms with Gasteiger partial charge in [-0.1, -0.05) is 151 Å². The number of aliphatic hydroxyl groups is 2. The number of rotatable bonds is 26. The number of carbonyl (C=O) groups is 11. The van der Waals surface area contributed by atoms with Gasteiger partial charge in [-0.2, -0.15) is 0 Å². The van der Waals surface area contributed by atoms with Crippen LogP contribution in [0.4, 0.5) is 14.4 Å². The van der Waals surface area contributed by atoms with Crippen LogP contribution >= 0.6 is 0 Å². The van der Waals surface area contributed by atoms with Crippen LogP contribution in [0.1, 0.15) is 200 Å². The molecule has 3 N–H and O–H groups in total. The smallest absolute Gasteiger partial charge is 0.410 e. The molecule has 11 rings (SSSR count). The summed E-state index contributed by atoms with van der Waals surface area (Å²) in [5.74, 6) is -13.8. The minimum absolute atomic E-state index is 0.0630. The Bertz CT molecular complexity index is 4840. The number of esters is 4. The molecular weight excluding hydrogens is 1720 g/mol. The van der Waals surface area contributed by atoms with Crippen molar-refractivity contribution in [1.82, 2.24) is 20.0 Å². The molecule has 726 valence electrons. The van der Waals surface area contributed by atoms with E-state index in [2.05, 4.69) is 25.4 Å². The van der Waals surface area contributed by atoms with Crippen molar-refractivity contribution in [1.29, 1.82) is 0 Å². The number of methoxy groups -OCH3 is 2. The summed E-state index contributed by atoms with van der Waals surface area (Å²) >= 11 is 0. The Morgan fingerprint density at radius 2 is 0.925 bits per heavy atom. The van der Waals surface area contributed by atoms with Gasteiger partial charge in [-0.15, -0.1) is 0 Å². The molecule has 36 nitrogen and oxygen atoms in total. The number of hydrogen-bond acceptors (Lipinski definition) is 29. The van der Waals surface area contributed by atoms with E-state index in [9.17, 15) is 53.4 Å². The van der Waals surface area contributed by atoms with Crippen molar-refractivity contribution < 1.29 is 125 Å². The topological polar surface area (TPSA) is 467 Å². The molecule has 6 aliphatic heterocycles. The van der Waals surface area contributed by atoms with E-state index >= 15 is 9.59 Å². The lowest BCUT2D eigenvalue weighted by Crippen LogP contribution is -2.67. The number of carbonyl (C=O) groups excluding carboxylic acids is 11. The third-order valence-electron chi connectivity index (χ3n) is 28.0. The summed E-state index contributed by atoms with van der Waals surface area (Å²) in [6.07, 6.45) is -15.2. The minimum atomic E-state index is -1.70. The number of ether oxygens (including phenoxy) is 13. The molecule has 10 unspecified atom stereocenters. The molecule has 0 saturated carbocycles. The summed E-state index contributed by atoms with van der Waals surface area (Å²) in [5, 5.41) is 32.2. The first-order chi connectivity index (χ1) is 63.1. The van der Waals surface area contributed by atoms with Crippen molar-refractivity contribution in [2.24, 2.45) is 57.6 Å². The van der Waals surface area contributed by atoms with Crippen LogP contribution in [0.15, 0.2) is 119 Å². The van der Waals surface area contributed by atoms with Crippen molar-refractivity contribution in [2.45, 2.75) is 288 Å². The number of ketones is 4. The van der Waals surface area contributed by atoms with E-state index in [-0.39, 0.29) is 87.1 Å². The standard InChI is InChI=1S/C62H73N5O15.C35H59N5O11/c1-10-47-62(8)53(67(60(74)82-62)32-22-21-31-64-66-63)36(3)49(68)35(2)33-61(7,75-9)54(37(4)50(69)38(5)55(70)78-47)81-58-52(80-57(72)41-25-15-12-16-26-41)48(51(39(6)77-58)79-56(71)40-23-13-11-14-24-40)65-59(73)76-34-46-44-29-19-17-27-42(44)43-28-18-20-30-45(43)46;1-12-23-35(8)29(40(33(46)51-35)16-14-13-15-37-38-36)19(3)25(41)18(2)17-34(7,47-11)30(20(4)26(42)21(5)31(45)49-23)50-32-28(44)24(39(9)10)27(43)22(6)48-32/h11-20,23-30,35-39,46-48,51-54,58H,10,21-22,31-34H2,1-9H3,(H,65,73);18-24,27-30,32,43-44H,12-17H2,1-11H3/t35-,36+,37+,38-,39?,47-,48?,51?,52?,53-,54-,58?,61+,62-;18-,19+,20+,21-,22?,23-,24?,27?,28?,29-,30-,32?,34+,35-/m11/s1. The van der Waals surface area contributed by atoms with Crippen molar-refractivity contribution in [3.63, 3.8) is 0 Å². The highest BCUT2D eigenvalue weighted by Gasteiger charge is 2.64. The molecule has 0 radical (unpaired) electrons. The van der Waals surface area contributed by atoms with Gasteiger partial charge in [-0.25, -0.2) is 24.0 Å². The maximum absolute atomic E-state index is 15.1. The van der Waals surface area contributed by atoms with Crippen LogP contribution in [-0.2, 0) is 90.3 Å². The molecule has 0 bridgehead atoms. The number of alkyl carbamates (subject to hydrolysis) is 1. The fourth-order valence-electron chi connectivity index (χ4n) is 20.8. The van der Waals surface area contributed by atoms with E-state index in [1.54, 1.807) is 158 Å². The second-order valence-corrected chi connectivity index (χ2v) is 37.3. The van der Waals surface area contributed by atoms with Crippen molar-refractivity contribution in [3.05, 3.63) is 152 Å². The highest BCUT2D eigenvalue weighted by molar-refractivity contribution is 6.01. The summed E-state index contributed by atoms with van der Waals surface area (Å²) in [6.45, 7) is 26.9. The number of cyclic esters (lactones) is 2. The number of nitrogens with zero attached hydrogens (tertiary/aromatic N) is 9. The molecule has 7 aliphatic rings. The number of azide groups is 2. The van der Waals surface area contributed by atoms with Crippen molar-refractivity contribution in [3.8, 4) is 11.1 Å². The minimum Gasteiger partial charge on any atom is -0.458 e. The van der Waals surface area contributed by atoms with Crippen LogP contribution in [0.2, 0.25) is 0 Å². The van der Waals surface area contributed by atoms with E-state index in [4.69, 9.17) is 72.6 Å². The SMILES string of the molecule is CC[C@H]1OC(=O)[C@H](C)C(=O)[C@H](C)[C@@H](OC2OC(C)C(O)C(N(C)C)C2O)[C@@](C)(OC)C[C@@H](C)C(=O)[C@H](C)[C@H]2N(CCCCN=[N+]=[N-])C(=O)O[C@]12C.CC[C@H]1OC(=O)[C@H](C)C(=O)[C@H](C)[C@@H](OC2OC(C)C(OC(=O)c3ccccc3)C(NC(=O)OCC3c4ccccc4-c4ccccc43)C2OC(=O)c2ccccc2)[C@@](C)(OC)C[C@@H](C)C(=O)[C@H](C)[C@H]2N(CCCCN=[N+]=[N-])C(=O)O[C@]12C. The Kier molecular flexibility index (Phi) is 35.6. The van der Waals surface area contributed by atoms with Crippen LogP contribution in [-0.4, -0.2) is 271 Å². The number of unbranched alkanes of at least 4 members (excludes halogenated alkanes) is 2. The lowest BCUT2D eigenvalue weighted by Gasteiger charge is -2.48. The van der Waals surface area contributed by atoms with Crippen LogP contribution in [0.3, 0.4) is 0 Å². The van der Waals surface area contributed by atoms with Crippen LogP contribution in [0.5, 0.6) is 0 Å². The lowest BCUT2D eigenvalue weighted by atomic mass is 9.73. The zero-order chi connectivity index (χ0) is 97.6. The summed E-state index contributed by atoms with van der Waals surface area (Å²) in [4.78, 5) is 168. The van der Waals surface area contributed by atoms with Crippen molar-refractivity contribution >= 4 is 65.3 Å². The number of nitrogens with one attached hydrogen (secondary N) is 1. The Morgan fingerprint density at radius 1 is 0.526 bits per heavy atom. The maximum Gasteiger partial charge on any atom is 0.410 e. The third-order valence-corrected chi connectivity index (χ3v) is 28.0. The fraction of sp³-hybridized carbons (Fsp3) is 0.639. The van der Waals surface area contributed by atoms with Gasteiger partial charge in [0.2, 0.25) is 0 Å². The Balaban J connectivity index is 0.000000309. The number of hydrogen-bond donors (Lipinski definition) is 3. The summed E-state index contributed by atoms with van der Waals surface area (Å²) in [5.41, 5.74) is 15.8. The predicted octanol–water partition coefficient (Wildman–Crippen LogP) is 13.2. The van der Waals surface area contributed by atoms with Crippen LogP contribution < -0.4 is 5.32 Å². The molecule has 6 saturated heterocycles. The number of likely N-dealkylation sites (N-methyl/N-ethyl adjacent to an activating group) is 1. The fourth-order valence-corrected chi connectivity index (χ4v) is 20.8. The third kappa shape index (κ3) is 22.7. The first-order valence-electron chi connectivity index (χ1n) is 46.0. The van der Waals surface area contributed by atoms with Crippen molar-refractivity contribution in [2.75, 3.05) is 61.1 Å². The largest absolute Gasteiger partial charge is 0.458 e. The van der Waals surface area contributed by atoms with Gasteiger partial charge in [0.05, 0.1) is 71.0 Å². The maximum atomic E-state index is 15.1. The molecule has 3 amide bonds. The predicted molar refractivity (Wildman–Crippen MR) is 482 cm³/mol. The summed E-state index contributed by atoms with van der Waals surface area (Å²) in [7, 11) is 6.25. The number of benzene rings is 4. The molecule has 36 heteroatoms. The monoisotopic (exact) mass is 1850 g/mol. The Labute approximate surface area is 776 Å². The van der Waals surface area contributed by atoms with E-state index in [1.165, 1.54) is 56.9 Å². The van der Waals surface area contributed by atoms with E-state index < -0.39 is 221 Å². The molecule has 28 atom stereocenters. The molecule has 133 heavy (non-hydrogen) atoms. The number of fused-ring (bicyclic) bond motifs is 5. The molecule has 4 aromatic rings. The van der Waals surface area contributed by atoms with Gasteiger partial charge >= 0.3 is 42.2 Å². The highest BCUT2D eigenvalue weighted by Crippen LogP contribution is 2.49. The Morgan fingerprint density at radius 3 is 1.33 bits per heavy atom. The first kappa shape index (κ1) is 105. The van der Waals surface area contributed by atoms with Gasteiger partial charge in [-0.05, 0) is 178 Å². The molecular formula is C97H132N10O26. The summed E-state index contributed by atoms with van der Waals surface area (Å²) in [6, 6.07) is 27.8. The van der Waals surface area contributed by atoms with E-state index in [0.717, 1.165) is 22.3 Å². The average molecular weight is 1850 g/mol. The van der Waals surface area contributed by atoms with Gasteiger partial charge in [-0.3, -0.25) is 28.8 Å². The summed E-state index contributed by atoms with van der Waals surface area (Å²) < 4.78 is 81.5. The highest BCUT2D eigenvalue weighted by atomic mass is 16.7. The number of aliphatic hydroxyl groups excluding tert-OH is 2. The quantitative estimate of drug-likeness (QED) is 0.00999. The Hall–Kier alpha value is -10.5. The van der Waals surface area contributed by atoms with Gasteiger partial charge < -0.3 is 91.8 Å². The van der Waals surface area contributed by atoms with Gasteiger partial charge in [0.1, 0.15) is 54.4 Å². The second kappa shape index (κ2) is 45.2. The van der Waals surface area contributed by atoms with E-state index in [1.807, 2.05) is 48.5 Å². The number of amides is 3. The molecule has 6 fully saturated rings. The first-order valence-corrected chi connectivity index (χ1v) is 46.0. The zero-order valence-electron chi connectivity index (χ0n) is 79.7. The lowest BCUT2D eigenvalue weighted by molar-refractivity contribution is -0.313. The molecule has 1 aliphatic carbocycles. The van der Waals surface area contributed by atoms with Crippen LogP contribution in [0, 0.1) is 47.3 Å². The van der Waals surface area contributed by atoms with Crippen LogP contribution in [0.25, 0.3) is 32.0 Å². The molecule has 0 aromatic heterocycles. The van der Waals surface area contributed by atoms with Gasteiger partial charge in [0.15, 0.2) is 47.6 Å². The van der Waals surface area contributed by atoms with E-state index in [0.29, 0.717) is 25.7 Å².